The van der Waals surface area contributed by atoms with Gasteiger partial charge in [-0.2, -0.15) is 9.48 Å². The van der Waals surface area contributed by atoms with Gasteiger partial charge in [0, 0.05) is 24.0 Å². The smallest absolute Gasteiger partial charge is 0.335 e. The Morgan fingerprint density at radius 1 is 1.03 bits per heavy atom. The molecule has 2 aliphatic rings. The number of rotatable bonds is 11. The summed E-state index contributed by atoms with van der Waals surface area (Å²) in [6.45, 7) is 2.65. The third-order valence-corrected chi connectivity index (χ3v) is 7.45. The van der Waals surface area contributed by atoms with Gasteiger partial charge in [0.05, 0.1) is 34.4 Å². The third kappa shape index (κ3) is 4.40. The SMILES string of the molecule is CCC[N+]1(OC(C(=O)[O-])C(O)C(=O)O)CCc2cc(OC)c(OC)c3c2C1Cc1cc(OC)c(OC)cc1-3. The Bertz CT molecular complexity index is 1250. The molecule has 206 valence electrons. The Hall–Kier alpha value is -3.54. The summed E-state index contributed by atoms with van der Waals surface area (Å²) < 4.78 is 22.4. The number of hydrogen-bond donors (Lipinski definition) is 2. The van der Waals surface area contributed by atoms with Gasteiger partial charge >= 0.3 is 5.97 Å². The predicted molar refractivity (Wildman–Crippen MR) is 132 cm³/mol. The fraction of sp³-hybridized carbons (Fsp3) is 0.481. The molecule has 38 heavy (non-hydrogen) atoms. The van der Waals surface area contributed by atoms with Crippen molar-refractivity contribution in [3.63, 3.8) is 0 Å². The van der Waals surface area contributed by atoms with Crippen LogP contribution in [0.2, 0.25) is 0 Å². The fourth-order valence-electron chi connectivity index (χ4n) is 5.83. The van der Waals surface area contributed by atoms with Crippen molar-refractivity contribution in [2.75, 3.05) is 41.5 Å². The topological polar surface area (TPSA) is 144 Å². The molecule has 4 atom stereocenters. The van der Waals surface area contributed by atoms with Crippen LogP contribution in [0.25, 0.3) is 11.1 Å². The van der Waals surface area contributed by atoms with E-state index < -0.39 is 30.2 Å². The number of aliphatic hydroxyl groups excluding tert-OH is 1. The molecule has 1 aliphatic heterocycles. The number of hydrogen-bond acceptors (Lipinski definition) is 9. The molecule has 1 aliphatic carbocycles. The summed E-state index contributed by atoms with van der Waals surface area (Å²) in [4.78, 5) is 29.6. The molecule has 0 saturated heterocycles. The fourth-order valence-corrected chi connectivity index (χ4v) is 5.83. The first-order valence-electron chi connectivity index (χ1n) is 12.4. The van der Waals surface area contributed by atoms with Gasteiger partial charge in [-0.25, -0.2) is 4.79 Å². The van der Waals surface area contributed by atoms with Crippen molar-refractivity contribution in [3.8, 4) is 34.1 Å². The van der Waals surface area contributed by atoms with Crippen LogP contribution < -0.4 is 24.1 Å². The van der Waals surface area contributed by atoms with E-state index in [-0.39, 0.29) is 4.65 Å². The van der Waals surface area contributed by atoms with Crippen LogP contribution >= 0.6 is 0 Å². The first-order valence-corrected chi connectivity index (χ1v) is 12.4. The van der Waals surface area contributed by atoms with Gasteiger partial charge in [0.1, 0.15) is 19.1 Å². The number of aliphatic carboxylic acids is 2. The maximum absolute atomic E-state index is 12.0. The average Bonchev–Trinajstić information content (AvgIpc) is 2.91. The first-order chi connectivity index (χ1) is 18.2. The van der Waals surface area contributed by atoms with Crippen molar-refractivity contribution in [1.82, 2.24) is 0 Å². The van der Waals surface area contributed by atoms with Crippen LogP contribution in [0.5, 0.6) is 23.0 Å². The molecule has 0 amide bonds. The monoisotopic (exact) mass is 531 g/mol. The van der Waals surface area contributed by atoms with E-state index in [0.29, 0.717) is 55.4 Å². The Labute approximate surface area is 220 Å². The number of fused-ring (bicyclic) bond motifs is 2. The number of carboxylic acids is 2. The highest BCUT2D eigenvalue weighted by Gasteiger charge is 2.51. The second-order valence-electron chi connectivity index (χ2n) is 9.42. The average molecular weight is 532 g/mol. The Morgan fingerprint density at radius 3 is 2.21 bits per heavy atom. The summed E-state index contributed by atoms with van der Waals surface area (Å²) in [7, 11) is 6.21. The molecular formula is C27H33NO10. The number of methoxy groups -OCH3 is 4. The second-order valence-corrected chi connectivity index (χ2v) is 9.42. The minimum absolute atomic E-state index is 0.206. The van der Waals surface area contributed by atoms with Gasteiger partial charge in [-0.1, -0.05) is 6.92 Å². The van der Waals surface area contributed by atoms with Crippen LogP contribution in [0.4, 0.5) is 0 Å². The Morgan fingerprint density at radius 2 is 1.66 bits per heavy atom. The summed E-state index contributed by atoms with van der Waals surface area (Å²) in [5.41, 5.74) is 4.37. The Kier molecular flexibility index (Phi) is 7.73. The molecule has 4 rings (SSSR count). The summed E-state index contributed by atoms with van der Waals surface area (Å²) in [6, 6.07) is 5.22. The quantitative estimate of drug-likeness (QED) is 0.407. The molecule has 0 fully saturated rings. The van der Waals surface area contributed by atoms with E-state index in [1.807, 2.05) is 25.1 Å². The lowest BCUT2D eigenvalue weighted by molar-refractivity contribution is -1.13. The lowest BCUT2D eigenvalue weighted by Gasteiger charge is -2.49. The van der Waals surface area contributed by atoms with Crippen molar-refractivity contribution in [2.24, 2.45) is 0 Å². The molecular weight excluding hydrogens is 498 g/mol. The summed E-state index contributed by atoms with van der Waals surface area (Å²) >= 11 is 0. The highest BCUT2D eigenvalue weighted by Crippen LogP contribution is 2.56. The van der Waals surface area contributed by atoms with E-state index >= 15 is 0 Å². The number of carboxylic acid groups (broad SMARTS) is 2. The largest absolute Gasteiger partial charge is 0.547 e. The van der Waals surface area contributed by atoms with Crippen molar-refractivity contribution in [3.05, 3.63) is 34.9 Å². The summed E-state index contributed by atoms with van der Waals surface area (Å²) in [6.07, 6.45) is -2.84. The van der Waals surface area contributed by atoms with E-state index in [4.69, 9.17) is 23.8 Å². The number of ether oxygens (including phenoxy) is 4. The van der Waals surface area contributed by atoms with Crippen molar-refractivity contribution >= 4 is 11.9 Å². The van der Waals surface area contributed by atoms with Gasteiger partial charge < -0.3 is 39.1 Å². The van der Waals surface area contributed by atoms with E-state index in [0.717, 1.165) is 27.8 Å². The van der Waals surface area contributed by atoms with Crippen LogP contribution in [0.15, 0.2) is 18.2 Å². The highest BCUT2D eigenvalue weighted by molar-refractivity contribution is 5.85. The van der Waals surface area contributed by atoms with Gasteiger partial charge in [-0.05, 0) is 41.3 Å². The van der Waals surface area contributed by atoms with Gasteiger partial charge in [-0.15, -0.1) is 0 Å². The Balaban J connectivity index is 2.00. The van der Waals surface area contributed by atoms with E-state index in [1.54, 1.807) is 28.4 Å². The molecule has 2 N–H and O–H groups in total. The second kappa shape index (κ2) is 10.7. The molecule has 4 unspecified atom stereocenters. The predicted octanol–water partition coefficient (Wildman–Crippen LogP) is 1.26. The molecule has 11 heteroatoms. The minimum Gasteiger partial charge on any atom is -0.547 e. The zero-order valence-corrected chi connectivity index (χ0v) is 22.1. The number of hydroxylamine groups is 3. The number of quaternary nitrogens is 1. The first kappa shape index (κ1) is 27.5. The molecule has 0 saturated carbocycles. The van der Waals surface area contributed by atoms with Gasteiger partial charge in [-0.3, -0.25) is 0 Å². The zero-order chi connectivity index (χ0) is 27.8. The van der Waals surface area contributed by atoms with E-state index in [2.05, 4.69) is 0 Å². The summed E-state index contributed by atoms with van der Waals surface area (Å²) in [5, 5.41) is 31.6. The van der Waals surface area contributed by atoms with E-state index in [1.165, 1.54) is 0 Å². The lowest BCUT2D eigenvalue weighted by atomic mass is 9.75. The molecule has 0 spiro atoms. The van der Waals surface area contributed by atoms with Crippen molar-refractivity contribution < 1.29 is 53.3 Å². The standard InChI is InChI=1S/C27H33NO10/c1-6-8-28(38-25(27(32)33)23(29)26(30)31)9-7-14-11-20(36-4)24(37-5)22-16-13-19(35-3)18(34-2)12-15(16)10-17(28)21(14)22/h11-13,17,23,25,29H,6-10H2,1-5H3,(H-,30,31,32,33). The van der Waals surface area contributed by atoms with Crippen LogP contribution in [-0.2, 0) is 27.3 Å². The number of aliphatic hydroxyl groups is 1. The van der Waals surface area contributed by atoms with Crippen LogP contribution in [0.3, 0.4) is 0 Å². The van der Waals surface area contributed by atoms with Crippen molar-refractivity contribution in [2.45, 2.75) is 44.4 Å². The zero-order valence-electron chi connectivity index (χ0n) is 22.1. The molecule has 1 heterocycles. The number of carbonyl (C=O) groups excluding carboxylic acids is 1. The number of benzene rings is 2. The highest BCUT2D eigenvalue weighted by atomic mass is 16.7. The maximum Gasteiger partial charge on any atom is 0.335 e. The van der Waals surface area contributed by atoms with Gasteiger partial charge in [0.25, 0.3) is 0 Å². The van der Waals surface area contributed by atoms with Gasteiger partial charge in [0.2, 0.25) is 0 Å². The third-order valence-electron chi connectivity index (χ3n) is 7.45. The molecule has 11 nitrogen and oxygen atoms in total. The molecule has 0 bridgehead atoms. The molecule has 2 aromatic rings. The van der Waals surface area contributed by atoms with Crippen LogP contribution in [-0.4, -0.2) is 80.5 Å². The lowest BCUT2D eigenvalue weighted by Crippen LogP contribution is -2.62. The minimum atomic E-state index is -2.29. The molecule has 0 aromatic heterocycles. The molecule has 2 aromatic carbocycles. The normalized spacial score (nSPS) is 20.9. The number of carbonyl (C=O) groups is 2. The molecule has 0 radical (unpaired) electrons. The van der Waals surface area contributed by atoms with Crippen LogP contribution in [0, 0.1) is 0 Å². The van der Waals surface area contributed by atoms with E-state index in [9.17, 15) is 24.9 Å². The summed E-state index contributed by atoms with van der Waals surface area (Å²) in [5.74, 6) is -1.39. The van der Waals surface area contributed by atoms with Gasteiger partial charge in [0.15, 0.2) is 35.2 Å². The van der Waals surface area contributed by atoms with Crippen LogP contribution in [0.1, 0.15) is 36.1 Å². The maximum atomic E-state index is 12.0. The number of nitrogens with zero attached hydrogens (tertiary/aromatic N) is 1. The van der Waals surface area contributed by atoms with Crippen molar-refractivity contribution in [1.29, 1.82) is 0 Å².